The number of carbonyl (C=O) groups is 1. The Morgan fingerprint density at radius 3 is 2.66 bits per heavy atom. The average molecular weight is 453 g/mol. The Bertz CT molecular complexity index is 1210. The molecule has 0 aliphatic carbocycles. The van der Waals surface area contributed by atoms with Gasteiger partial charge in [-0.15, -0.1) is 0 Å². The molecule has 3 aromatic rings. The quantitative estimate of drug-likeness (QED) is 0.621. The van der Waals surface area contributed by atoms with Crippen LogP contribution in [0.4, 0.5) is 0 Å². The lowest BCUT2D eigenvalue weighted by Gasteiger charge is -2.20. The van der Waals surface area contributed by atoms with Crippen molar-refractivity contribution in [3.63, 3.8) is 0 Å². The molecule has 0 atom stereocenters. The minimum atomic E-state index is -3.77. The highest BCUT2D eigenvalue weighted by atomic mass is 32.2. The highest BCUT2D eigenvalue weighted by Gasteiger charge is 2.28. The highest BCUT2D eigenvalue weighted by Crippen LogP contribution is 2.28. The number of benzene rings is 3. The molecule has 1 heterocycles. The van der Waals surface area contributed by atoms with Crippen LogP contribution in [0.25, 0.3) is 0 Å². The third-order valence-corrected chi connectivity index (χ3v) is 7.08. The maximum absolute atomic E-state index is 13.2. The predicted molar refractivity (Wildman–Crippen MR) is 120 cm³/mol. The summed E-state index contributed by atoms with van der Waals surface area (Å²) in [5, 5.41) is 2.89. The monoisotopic (exact) mass is 452 g/mol. The number of hydrogen-bond acceptors (Lipinski definition) is 5. The number of methoxy groups -OCH3 is 1. The molecule has 0 saturated carbocycles. The Balaban J connectivity index is 1.54. The Morgan fingerprint density at radius 1 is 1.06 bits per heavy atom. The summed E-state index contributed by atoms with van der Waals surface area (Å²) < 4.78 is 38.7. The van der Waals surface area contributed by atoms with E-state index < -0.39 is 10.0 Å². The number of carbonyl (C=O) groups excluding carboxylic acids is 1. The van der Waals surface area contributed by atoms with Crippen molar-refractivity contribution in [3.8, 4) is 11.5 Å². The zero-order chi connectivity index (χ0) is 22.6. The van der Waals surface area contributed by atoms with Gasteiger partial charge in [0, 0.05) is 36.8 Å². The summed E-state index contributed by atoms with van der Waals surface area (Å²) in [5.74, 6) is 0.811. The second kappa shape index (κ2) is 9.42. The minimum Gasteiger partial charge on any atom is -0.497 e. The SMILES string of the molecule is COc1cccc(S(=O)(=O)N2CCOc3ccc(C(=O)NCc4ccccc4)cc3C2)c1. The van der Waals surface area contributed by atoms with Gasteiger partial charge in [0.05, 0.1) is 12.0 Å². The number of sulfonamides is 1. The molecule has 0 bridgehead atoms. The zero-order valence-corrected chi connectivity index (χ0v) is 18.5. The Kier molecular flexibility index (Phi) is 6.43. The number of rotatable bonds is 6. The van der Waals surface area contributed by atoms with Crippen molar-refractivity contribution in [2.75, 3.05) is 20.3 Å². The fourth-order valence-corrected chi connectivity index (χ4v) is 4.95. The first-order valence-electron chi connectivity index (χ1n) is 10.2. The van der Waals surface area contributed by atoms with Crippen molar-refractivity contribution < 1.29 is 22.7 Å². The first-order chi connectivity index (χ1) is 15.5. The molecule has 1 aliphatic heterocycles. The van der Waals surface area contributed by atoms with E-state index in [1.54, 1.807) is 30.3 Å². The second-order valence-electron chi connectivity index (χ2n) is 7.36. The topological polar surface area (TPSA) is 84.9 Å². The molecule has 1 aliphatic rings. The largest absolute Gasteiger partial charge is 0.497 e. The third kappa shape index (κ3) is 4.76. The van der Waals surface area contributed by atoms with Crippen LogP contribution in [0.2, 0.25) is 0 Å². The van der Waals surface area contributed by atoms with E-state index in [4.69, 9.17) is 9.47 Å². The second-order valence-corrected chi connectivity index (χ2v) is 9.29. The van der Waals surface area contributed by atoms with E-state index in [2.05, 4.69) is 5.32 Å². The molecule has 1 amide bonds. The molecule has 0 saturated heterocycles. The van der Waals surface area contributed by atoms with E-state index in [9.17, 15) is 13.2 Å². The Hall–Kier alpha value is -3.36. The maximum Gasteiger partial charge on any atom is 0.251 e. The molecule has 4 rings (SSSR count). The lowest BCUT2D eigenvalue weighted by Crippen LogP contribution is -2.32. The first-order valence-corrected chi connectivity index (χ1v) is 11.6. The van der Waals surface area contributed by atoms with E-state index in [0.29, 0.717) is 29.2 Å². The molecule has 8 heteroatoms. The van der Waals surface area contributed by atoms with Gasteiger partial charge >= 0.3 is 0 Å². The van der Waals surface area contributed by atoms with Crippen LogP contribution in [0, 0.1) is 0 Å². The lowest BCUT2D eigenvalue weighted by atomic mass is 10.1. The van der Waals surface area contributed by atoms with Gasteiger partial charge in [0.15, 0.2) is 0 Å². The summed E-state index contributed by atoms with van der Waals surface area (Å²) in [6.45, 7) is 0.928. The number of fused-ring (bicyclic) bond motifs is 1. The lowest BCUT2D eigenvalue weighted by molar-refractivity contribution is 0.0950. The molecule has 0 radical (unpaired) electrons. The normalized spacial score (nSPS) is 14.0. The van der Waals surface area contributed by atoms with Crippen LogP contribution >= 0.6 is 0 Å². The van der Waals surface area contributed by atoms with Crippen LogP contribution in [0.15, 0.2) is 77.7 Å². The van der Waals surface area contributed by atoms with Gasteiger partial charge in [-0.05, 0) is 35.9 Å². The highest BCUT2D eigenvalue weighted by molar-refractivity contribution is 7.89. The van der Waals surface area contributed by atoms with E-state index in [1.165, 1.54) is 23.5 Å². The molecular weight excluding hydrogens is 428 g/mol. The molecule has 7 nitrogen and oxygen atoms in total. The molecule has 166 valence electrons. The van der Waals surface area contributed by atoms with Crippen molar-refractivity contribution in [3.05, 3.63) is 89.5 Å². The molecule has 0 fully saturated rings. The predicted octanol–water partition coefficient (Wildman–Crippen LogP) is 3.21. The van der Waals surface area contributed by atoms with E-state index in [0.717, 1.165) is 5.56 Å². The van der Waals surface area contributed by atoms with Crippen LogP contribution in [0.5, 0.6) is 11.5 Å². The summed E-state index contributed by atoms with van der Waals surface area (Å²) in [6.07, 6.45) is 0. The van der Waals surface area contributed by atoms with Gasteiger partial charge in [-0.2, -0.15) is 4.31 Å². The molecule has 32 heavy (non-hydrogen) atoms. The Labute approximate surface area is 187 Å². The van der Waals surface area contributed by atoms with Crippen molar-refractivity contribution >= 4 is 15.9 Å². The molecule has 0 unspecified atom stereocenters. The van der Waals surface area contributed by atoms with Gasteiger partial charge in [0.2, 0.25) is 10.0 Å². The summed E-state index contributed by atoms with van der Waals surface area (Å²) in [5.41, 5.74) is 2.08. The number of amides is 1. The fourth-order valence-electron chi connectivity index (χ4n) is 3.51. The van der Waals surface area contributed by atoms with Gasteiger partial charge in [-0.3, -0.25) is 4.79 Å². The minimum absolute atomic E-state index is 0.106. The van der Waals surface area contributed by atoms with Crippen LogP contribution < -0.4 is 14.8 Å². The van der Waals surface area contributed by atoms with E-state index in [1.807, 2.05) is 30.3 Å². The summed E-state index contributed by atoms with van der Waals surface area (Å²) in [6, 6.07) is 21.1. The average Bonchev–Trinajstić information content (AvgIpc) is 3.05. The number of nitrogens with one attached hydrogen (secondary N) is 1. The molecule has 3 aromatic carbocycles. The summed E-state index contributed by atoms with van der Waals surface area (Å²) in [7, 11) is -2.28. The van der Waals surface area contributed by atoms with Gasteiger partial charge in [0.1, 0.15) is 18.1 Å². The van der Waals surface area contributed by atoms with Crippen molar-refractivity contribution in [2.45, 2.75) is 18.0 Å². The van der Waals surface area contributed by atoms with Gasteiger partial charge in [-0.1, -0.05) is 36.4 Å². The first kappa shape index (κ1) is 21.9. The standard InChI is InChI=1S/C24H24N2O5S/c1-30-21-8-5-9-22(15-21)32(28,29)26-12-13-31-23-11-10-19(14-20(23)17-26)24(27)25-16-18-6-3-2-4-7-18/h2-11,14-15H,12-13,16-17H2,1H3,(H,25,27). The number of ether oxygens (including phenoxy) is 2. The molecule has 1 N–H and O–H groups in total. The zero-order valence-electron chi connectivity index (χ0n) is 17.7. The molecular formula is C24H24N2O5S. The van der Waals surface area contributed by atoms with Crippen LogP contribution in [0.1, 0.15) is 21.5 Å². The van der Waals surface area contributed by atoms with Gasteiger partial charge in [-0.25, -0.2) is 8.42 Å². The third-order valence-electron chi connectivity index (χ3n) is 5.24. The maximum atomic E-state index is 13.2. The fraction of sp³-hybridized carbons (Fsp3) is 0.208. The van der Waals surface area contributed by atoms with Crippen molar-refractivity contribution in [1.29, 1.82) is 0 Å². The van der Waals surface area contributed by atoms with Gasteiger partial charge < -0.3 is 14.8 Å². The molecule has 0 aromatic heterocycles. The number of nitrogens with zero attached hydrogens (tertiary/aromatic N) is 1. The summed E-state index contributed by atoms with van der Waals surface area (Å²) in [4.78, 5) is 12.8. The van der Waals surface area contributed by atoms with Crippen molar-refractivity contribution in [1.82, 2.24) is 9.62 Å². The van der Waals surface area contributed by atoms with Gasteiger partial charge in [0.25, 0.3) is 5.91 Å². The van der Waals surface area contributed by atoms with Crippen LogP contribution in [-0.2, 0) is 23.1 Å². The smallest absolute Gasteiger partial charge is 0.251 e. The Morgan fingerprint density at radius 2 is 1.88 bits per heavy atom. The van der Waals surface area contributed by atoms with Crippen LogP contribution in [-0.4, -0.2) is 38.9 Å². The summed E-state index contributed by atoms with van der Waals surface area (Å²) >= 11 is 0. The molecule has 0 spiro atoms. The van der Waals surface area contributed by atoms with E-state index in [-0.39, 0.29) is 30.5 Å². The van der Waals surface area contributed by atoms with E-state index >= 15 is 0 Å². The van der Waals surface area contributed by atoms with Crippen molar-refractivity contribution in [2.24, 2.45) is 0 Å². The number of hydrogen-bond donors (Lipinski definition) is 1. The van der Waals surface area contributed by atoms with Crippen LogP contribution in [0.3, 0.4) is 0 Å².